The maximum absolute atomic E-state index is 11.6. The quantitative estimate of drug-likeness (QED) is 0.254. The predicted octanol–water partition coefficient (Wildman–Crippen LogP) is 7.02. The zero-order chi connectivity index (χ0) is 29.0. The molecule has 2 aliphatic carbocycles. The average Bonchev–Trinajstić information content (AvgIpc) is 2.80. The van der Waals surface area contributed by atoms with E-state index in [1.54, 1.807) is 25.5 Å². The Morgan fingerprint density at radius 3 is 1.44 bits per heavy atom. The Morgan fingerprint density at radius 2 is 1.25 bits per heavy atom. The van der Waals surface area contributed by atoms with Crippen molar-refractivity contribution in [2.75, 3.05) is 13.2 Å². The second-order valence-electron chi connectivity index (χ2n) is 9.55. The van der Waals surface area contributed by atoms with Gasteiger partial charge in [-0.15, -0.1) is 0 Å². The van der Waals surface area contributed by atoms with Crippen molar-refractivity contribution in [1.82, 2.24) is 0 Å². The highest BCUT2D eigenvalue weighted by Gasteiger charge is 2.43. The van der Waals surface area contributed by atoms with Crippen LogP contribution in [0.3, 0.4) is 0 Å². The van der Waals surface area contributed by atoms with Crippen LogP contribution in [-0.4, -0.2) is 31.3 Å². The van der Waals surface area contributed by atoms with Gasteiger partial charge in [0.1, 0.15) is 5.78 Å². The van der Waals surface area contributed by atoms with Crippen molar-refractivity contribution in [2.24, 2.45) is 22.7 Å². The van der Waals surface area contributed by atoms with E-state index in [0.29, 0.717) is 30.3 Å². The van der Waals surface area contributed by atoms with E-state index in [0.717, 1.165) is 18.8 Å². The maximum Gasteiger partial charge on any atom is 0.373 e. The zero-order valence-electron chi connectivity index (χ0n) is 23.8. The SMILES string of the molecule is CC/C=C/P(=O)(OCC)OCC.CC1CC(=O)C1(C)C.CCC=C1CC(C)C1(C)C.O=C=O.O=C=O. The van der Waals surface area contributed by atoms with Gasteiger partial charge < -0.3 is 9.05 Å². The first-order valence-corrected chi connectivity index (χ1v) is 14.0. The van der Waals surface area contributed by atoms with Crippen molar-refractivity contribution in [3.63, 3.8) is 0 Å². The Balaban J connectivity index is -0.000000412. The van der Waals surface area contributed by atoms with E-state index < -0.39 is 7.60 Å². The lowest BCUT2D eigenvalue weighted by atomic mass is 9.59. The summed E-state index contributed by atoms with van der Waals surface area (Å²) in [5.74, 6) is 3.45. The highest BCUT2D eigenvalue weighted by molar-refractivity contribution is 7.57. The number of hydrogen-bond acceptors (Lipinski definition) is 8. The van der Waals surface area contributed by atoms with Gasteiger partial charge in [0.05, 0.1) is 13.2 Å². The number of carbonyl (C=O) groups excluding carboxylic acids is 5. The normalized spacial score (nSPS) is 21.7. The van der Waals surface area contributed by atoms with Gasteiger partial charge in [-0.3, -0.25) is 9.36 Å². The number of allylic oxidation sites excluding steroid dienone is 3. The van der Waals surface area contributed by atoms with Crippen LogP contribution in [0.2, 0.25) is 0 Å². The zero-order valence-corrected chi connectivity index (χ0v) is 24.7. The minimum absolute atomic E-state index is 0. The molecule has 0 heterocycles. The molecule has 0 aromatic rings. The highest BCUT2D eigenvalue weighted by atomic mass is 31.2. The first-order chi connectivity index (χ1) is 16.6. The third-order valence-electron chi connectivity index (χ3n) is 6.62. The molecule has 2 fully saturated rings. The molecule has 9 heteroatoms. The van der Waals surface area contributed by atoms with Gasteiger partial charge in [0, 0.05) is 17.7 Å². The third kappa shape index (κ3) is 14.6. The molecule has 0 bridgehead atoms. The predicted molar refractivity (Wildman–Crippen MR) is 139 cm³/mol. The summed E-state index contributed by atoms with van der Waals surface area (Å²) in [6, 6.07) is 0. The largest absolute Gasteiger partial charge is 0.373 e. The molecule has 0 aromatic carbocycles. The van der Waals surface area contributed by atoms with E-state index >= 15 is 0 Å². The Bertz CT molecular complexity index is 777. The molecule has 0 N–H and O–H groups in total. The van der Waals surface area contributed by atoms with Crippen LogP contribution in [0.1, 0.15) is 94.9 Å². The summed E-state index contributed by atoms with van der Waals surface area (Å²) in [6.07, 6.45) is 8.86. The first kappa shape index (κ1) is 38.6. The fourth-order valence-corrected chi connectivity index (χ4v) is 4.72. The third-order valence-corrected chi connectivity index (χ3v) is 8.43. The number of hydrogen-bond donors (Lipinski definition) is 0. The molecule has 0 radical (unpaired) electrons. The summed E-state index contributed by atoms with van der Waals surface area (Å²) >= 11 is 0. The first-order valence-electron chi connectivity index (χ1n) is 12.4. The number of Topliss-reactive ketones (excluding diaryl/α,β-unsaturated/α-hetero) is 1. The molecule has 0 aromatic heterocycles. The van der Waals surface area contributed by atoms with Crippen molar-refractivity contribution in [2.45, 2.75) is 94.9 Å². The van der Waals surface area contributed by atoms with Crippen LogP contribution >= 0.6 is 7.60 Å². The molecule has 0 spiro atoms. The van der Waals surface area contributed by atoms with Gasteiger partial charge >= 0.3 is 19.9 Å². The molecule has 8 nitrogen and oxygen atoms in total. The molecule has 0 aliphatic heterocycles. The van der Waals surface area contributed by atoms with Crippen molar-refractivity contribution in [3.8, 4) is 0 Å². The minimum atomic E-state index is -2.92. The molecule has 2 unspecified atom stereocenters. The molecule has 36 heavy (non-hydrogen) atoms. The fourth-order valence-electron chi connectivity index (χ4n) is 3.28. The topological polar surface area (TPSA) is 121 Å². The van der Waals surface area contributed by atoms with Crippen LogP contribution in [0.25, 0.3) is 0 Å². The summed E-state index contributed by atoms with van der Waals surface area (Å²) in [4.78, 5) is 43.3. The van der Waals surface area contributed by atoms with Gasteiger partial charge in [-0.25, -0.2) is 0 Å². The molecule has 0 saturated heterocycles. The second-order valence-corrected chi connectivity index (χ2v) is 11.4. The van der Waals surface area contributed by atoms with Gasteiger partial charge in [0.25, 0.3) is 0 Å². The Labute approximate surface area is 217 Å². The molecule has 2 atom stereocenters. The molecule has 2 rings (SSSR count). The summed E-state index contributed by atoms with van der Waals surface area (Å²) < 4.78 is 21.7. The summed E-state index contributed by atoms with van der Waals surface area (Å²) in [6.45, 7) is 21.8. The molecule has 208 valence electrons. The van der Waals surface area contributed by atoms with Crippen molar-refractivity contribution >= 4 is 25.7 Å². The average molecular weight is 531 g/mol. The van der Waals surface area contributed by atoms with E-state index in [1.807, 2.05) is 20.8 Å². The van der Waals surface area contributed by atoms with Gasteiger partial charge in [-0.2, -0.15) is 19.2 Å². The highest BCUT2D eigenvalue weighted by Crippen LogP contribution is 2.50. The summed E-state index contributed by atoms with van der Waals surface area (Å²) in [5, 5.41) is 0. The summed E-state index contributed by atoms with van der Waals surface area (Å²) in [5.41, 5.74) is 2.18. The second kappa shape index (κ2) is 20.2. The van der Waals surface area contributed by atoms with Crippen LogP contribution in [0.4, 0.5) is 0 Å². The van der Waals surface area contributed by atoms with Crippen LogP contribution in [0, 0.1) is 22.7 Å². The number of rotatable bonds is 7. The monoisotopic (exact) mass is 530 g/mol. The Kier molecular flexibility index (Phi) is 21.6. The maximum atomic E-state index is 11.6. The molecular formula is C27H47O8P. The van der Waals surface area contributed by atoms with Crippen LogP contribution < -0.4 is 0 Å². The van der Waals surface area contributed by atoms with Gasteiger partial charge in [0.2, 0.25) is 0 Å². The van der Waals surface area contributed by atoms with Crippen LogP contribution in [-0.2, 0) is 37.6 Å². The Morgan fingerprint density at radius 1 is 0.833 bits per heavy atom. The van der Waals surface area contributed by atoms with Crippen LogP contribution in [0.15, 0.2) is 23.5 Å². The van der Waals surface area contributed by atoms with E-state index in [-0.39, 0.29) is 17.7 Å². The van der Waals surface area contributed by atoms with E-state index in [2.05, 4.69) is 40.7 Å². The molecule has 0 amide bonds. The molecular weight excluding hydrogens is 483 g/mol. The van der Waals surface area contributed by atoms with Crippen molar-refractivity contribution in [3.05, 3.63) is 23.5 Å². The standard InChI is InChI=1S/C10H18.C8H17O3P.C7H12O.2CO2/c1-5-6-9-7-8(2)10(9,3)4;1-4-7-8-12(9,10-5-2)11-6-3;1-5-4-6(8)7(5,2)3;2*2-1-3/h6,8H,5,7H2,1-4H3;7-8H,4-6H2,1-3H3;5H,4H2,1-3H3;;/b;8-7+;;;. The van der Waals surface area contributed by atoms with E-state index in [4.69, 9.17) is 28.2 Å². The molecule has 2 aliphatic rings. The lowest BCUT2D eigenvalue weighted by molar-refractivity contribution is -0.193. The lowest BCUT2D eigenvalue weighted by Crippen LogP contribution is -2.43. The van der Waals surface area contributed by atoms with E-state index in [9.17, 15) is 9.36 Å². The van der Waals surface area contributed by atoms with Gasteiger partial charge in [0.15, 0.2) is 0 Å². The van der Waals surface area contributed by atoms with Gasteiger partial charge in [-0.05, 0) is 50.4 Å². The van der Waals surface area contributed by atoms with E-state index in [1.165, 1.54) is 18.7 Å². The minimum Gasteiger partial charge on any atom is -0.306 e. The summed E-state index contributed by atoms with van der Waals surface area (Å²) in [7, 11) is -2.92. The van der Waals surface area contributed by atoms with Crippen molar-refractivity contribution in [1.29, 1.82) is 0 Å². The smallest absolute Gasteiger partial charge is 0.306 e. The number of carbonyl (C=O) groups is 1. The van der Waals surface area contributed by atoms with Crippen molar-refractivity contribution < 1.29 is 37.6 Å². The van der Waals surface area contributed by atoms with Crippen LogP contribution in [0.5, 0.6) is 0 Å². The fraction of sp³-hybridized carbons (Fsp3) is 0.741. The van der Waals surface area contributed by atoms with Gasteiger partial charge in [-0.1, -0.05) is 73.1 Å². The lowest BCUT2D eigenvalue weighted by Gasteiger charge is -2.46. The number of ketones is 1. The molecule has 2 saturated carbocycles. The Hall–Kier alpha value is -1.94.